The molecule has 6 nitrogen and oxygen atoms in total. The summed E-state index contributed by atoms with van der Waals surface area (Å²) in [5.74, 6) is -4.27. The van der Waals surface area contributed by atoms with Crippen molar-refractivity contribution in [3.63, 3.8) is 0 Å². The quantitative estimate of drug-likeness (QED) is 0.0813. The van der Waals surface area contributed by atoms with Crippen LogP contribution in [0.25, 0.3) is 76.9 Å². The summed E-state index contributed by atoms with van der Waals surface area (Å²) in [5, 5.41) is 57.2. The highest BCUT2D eigenvalue weighted by Crippen LogP contribution is 2.55. The maximum absolute atomic E-state index is 10.5. The summed E-state index contributed by atoms with van der Waals surface area (Å²) in [6.45, 7) is 0. The molecule has 0 aliphatic rings. The third kappa shape index (κ3) is 3.55. The number of phenols is 5. The van der Waals surface area contributed by atoms with Gasteiger partial charge in [-0.05, 0) is 44.3 Å². The van der Waals surface area contributed by atoms with Gasteiger partial charge in [0.15, 0.2) is 11.5 Å². The van der Waals surface area contributed by atoms with E-state index in [1.165, 1.54) is 0 Å². The normalized spacial score (nSPS) is 11.6. The first-order valence-electron chi connectivity index (χ1n) is 14.1. The number of aromatic hydroxyl groups is 5. The van der Waals surface area contributed by atoms with Gasteiger partial charge in [0.05, 0.1) is 5.56 Å². The van der Waals surface area contributed by atoms with Crippen molar-refractivity contribution >= 4 is 43.5 Å². The highest BCUT2D eigenvalue weighted by molar-refractivity contribution is 6.24. The molecule has 0 radical (unpaired) electrons. The molecule has 0 aliphatic heterocycles. The molecule has 0 atom stereocenters. The zero-order valence-corrected chi connectivity index (χ0v) is 23.1. The lowest BCUT2D eigenvalue weighted by molar-refractivity contribution is 0.330. The van der Waals surface area contributed by atoms with Crippen LogP contribution in [0, 0.1) is 0 Å². The molecule has 0 unspecified atom stereocenters. The SMILES string of the molecule is Oc1c(O)c(O)c(-c2ccc(-c3c4ccccc4c(-c4cccc5c4oc4ccccc45)c4ccccc34)cc2)c(O)c1O. The van der Waals surface area contributed by atoms with Gasteiger partial charge < -0.3 is 29.9 Å². The largest absolute Gasteiger partial charge is 0.504 e. The molecule has 5 N–H and O–H groups in total. The predicted molar refractivity (Wildman–Crippen MR) is 173 cm³/mol. The maximum Gasteiger partial charge on any atom is 0.208 e. The molecule has 212 valence electrons. The molecule has 7 aromatic carbocycles. The Hall–Kier alpha value is -6.14. The second-order valence-corrected chi connectivity index (χ2v) is 10.8. The average molecular weight is 577 g/mol. The van der Waals surface area contributed by atoms with E-state index in [-0.39, 0.29) is 5.56 Å². The van der Waals surface area contributed by atoms with Gasteiger partial charge in [-0.2, -0.15) is 0 Å². The second-order valence-electron chi connectivity index (χ2n) is 10.8. The smallest absolute Gasteiger partial charge is 0.208 e. The first-order chi connectivity index (χ1) is 21.4. The Balaban J connectivity index is 1.39. The van der Waals surface area contributed by atoms with Crippen molar-refractivity contribution < 1.29 is 29.9 Å². The minimum Gasteiger partial charge on any atom is -0.504 e. The van der Waals surface area contributed by atoms with Crippen LogP contribution in [0.15, 0.2) is 120 Å². The Kier molecular flexibility index (Phi) is 5.48. The molecule has 0 saturated carbocycles. The number of furan rings is 1. The Morgan fingerprint density at radius 1 is 0.341 bits per heavy atom. The van der Waals surface area contributed by atoms with E-state index in [0.29, 0.717) is 5.56 Å². The summed E-state index contributed by atoms with van der Waals surface area (Å²) in [6, 6.07) is 38.0. The summed E-state index contributed by atoms with van der Waals surface area (Å²) in [7, 11) is 0. The number of rotatable bonds is 3. The van der Waals surface area contributed by atoms with Crippen molar-refractivity contribution in [3.8, 4) is 62.1 Å². The van der Waals surface area contributed by atoms with Gasteiger partial charge in [-0.1, -0.05) is 109 Å². The Labute approximate surface area is 250 Å². The van der Waals surface area contributed by atoms with Gasteiger partial charge in [0.2, 0.25) is 17.2 Å². The fraction of sp³-hybridized carbons (Fsp3) is 0. The summed E-state index contributed by atoms with van der Waals surface area (Å²) >= 11 is 0. The highest BCUT2D eigenvalue weighted by Gasteiger charge is 2.25. The molecule has 1 aromatic heterocycles. The predicted octanol–water partition coefficient (Wildman–Crippen LogP) is 9.42. The molecule has 0 bridgehead atoms. The van der Waals surface area contributed by atoms with Crippen LogP contribution in [0.4, 0.5) is 0 Å². The third-order valence-electron chi connectivity index (χ3n) is 8.44. The zero-order valence-electron chi connectivity index (χ0n) is 23.1. The molecular formula is C38H24O6. The van der Waals surface area contributed by atoms with Crippen molar-refractivity contribution in [2.75, 3.05) is 0 Å². The third-order valence-corrected chi connectivity index (χ3v) is 8.44. The first-order valence-corrected chi connectivity index (χ1v) is 14.1. The van der Waals surface area contributed by atoms with E-state index in [9.17, 15) is 25.5 Å². The van der Waals surface area contributed by atoms with Crippen LogP contribution >= 0.6 is 0 Å². The minimum absolute atomic E-state index is 0.187. The fourth-order valence-corrected chi connectivity index (χ4v) is 6.44. The van der Waals surface area contributed by atoms with Gasteiger partial charge in [-0.15, -0.1) is 0 Å². The van der Waals surface area contributed by atoms with Crippen molar-refractivity contribution in [2.45, 2.75) is 0 Å². The van der Waals surface area contributed by atoms with Crippen LogP contribution in [-0.4, -0.2) is 25.5 Å². The van der Waals surface area contributed by atoms with Crippen LogP contribution in [0.2, 0.25) is 0 Å². The maximum atomic E-state index is 10.5. The van der Waals surface area contributed by atoms with Gasteiger partial charge in [0, 0.05) is 21.9 Å². The molecule has 0 amide bonds. The summed E-state index contributed by atoms with van der Waals surface area (Å²) in [4.78, 5) is 0. The minimum atomic E-state index is -0.989. The van der Waals surface area contributed by atoms with Crippen molar-refractivity contribution in [2.24, 2.45) is 0 Å². The molecule has 44 heavy (non-hydrogen) atoms. The standard InChI is InChI=1S/C38H24O6/c39-33-31(34(40)36(42)37(43)35(33)41)21-18-16-20(17-19-21)30-23-9-1-3-11-25(23)32(26-12-4-2-10-24(26)30)28-14-7-13-27-22-8-5-6-15-29(22)44-38(27)28/h1-19,39-43H. The fourth-order valence-electron chi connectivity index (χ4n) is 6.44. The number of hydrogen-bond donors (Lipinski definition) is 5. The second kappa shape index (κ2) is 9.44. The van der Waals surface area contributed by atoms with Gasteiger partial charge in [-0.3, -0.25) is 0 Å². The van der Waals surface area contributed by atoms with Crippen molar-refractivity contribution in [1.29, 1.82) is 0 Å². The molecule has 0 saturated heterocycles. The Morgan fingerprint density at radius 2 is 0.773 bits per heavy atom. The van der Waals surface area contributed by atoms with Gasteiger partial charge in [0.1, 0.15) is 11.2 Å². The summed E-state index contributed by atoms with van der Waals surface area (Å²) < 4.78 is 6.46. The van der Waals surface area contributed by atoms with Crippen molar-refractivity contribution in [1.82, 2.24) is 0 Å². The highest BCUT2D eigenvalue weighted by atomic mass is 16.4. The number of fused-ring (bicyclic) bond motifs is 5. The molecule has 0 aliphatic carbocycles. The average Bonchev–Trinajstić information content (AvgIpc) is 3.45. The topological polar surface area (TPSA) is 114 Å². The number of para-hydroxylation sites is 2. The van der Waals surface area contributed by atoms with Gasteiger partial charge in [-0.25, -0.2) is 0 Å². The molecular weight excluding hydrogens is 552 g/mol. The number of hydrogen-bond acceptors (Lipinski definition) is 6. The van der Waals surface area contributed by atoms with E-state index in [2.05, 4.69) is 48.5 Å². The number of benzene rings is 7. The Bertz CT molecular complexity index is 2350. The van der Waals surface area contributed by atoms with Crippen LogP contribution in [0.3, 0.4) is 0 Å². The molecule has 6 heteroatoms. The zero-order chi connectivity index (χ0) is 30.1. The molecule has 0 spiro atoms. The molecule has 0 fully saturated rings. The van der Waals surface area contributed by atoms with E-state index >= 15 is 0 Å². The van der Waals surface area contributed by atoms with Gasteiger partial charge >= 0.3 is 0 Å². The van der Waals surface area contributed by atoms with Crippen LogP contribution in [0.5, 0.6) is 28.7 Å². The van der Waals surface area contributed by atoms with E-state index in [4.69, 9.17) is 4.42 Å². The summed E-state index contributed by atoms with van der Waals surface area (Å²) in [6.07, 6.45) is 0. The van der Waals surface area contributed by atoms with Crippen LogP contribution in [-0.2, 0) is 0 Å². The first kappa shape index (κ1) is 25.6. The van der Waals surface area contributed by atoms with Crippen molar-refractivity contribution in [3.05, 3.63) is 115 Å². The Morgan fingerprint density at radius 3 is 1.34 bits per heavy atom. The van der Waals surface area contributed by atoms with Crippen LogP contribution in [0.1, 0.15) is 0 Å². The number of phenolic OH excluding ortho intramolecular Hbond substituents is 5. The lowest BCUT2D eigenvalue weighted by Crippen LogP contribution is -1.91. The lowest BCUT2D eigenvalue weighted by atomic mass is 9.85. The molecule has 8 aromatic rings. The van der Waals surface area contributed by atoms with E-state index in [0.717, 1.165) is 65.7 Å². The monoisotopic (exact) mass is 576 g/mol. The molecule has 8 rings (SSSR count). The van der Waals surface area contributed by atoms with Crippen LogP contribution < -0.4 is 0 Å². The van der Waals surface area contributed by atoms with E-state index in [1.54, 1.807) is 12.1 Å². The lowest BCUT2D eigenvalue weighted by Gasteiger charge is -2.18. The molecule has 1 heterocycles. The van der Waals surface area contributed by atoms with E-state index in [1.807, 2.05) is 54.6 Å². The van der Waals surface area contributed by atoms with E-state index < -0.39 is 28.7 Å². The van der Waals surface area contributed by atoms with Gasteiger partial charge in [0.25, 0.3) is 0 Å². The summed E-state index contributed by atoms with van der Waals surface area (Å²) in [5.41, 5.74) is 5.81.